The van der Waals surface area contributed by atoms with Gasteiger partial charge in [-0.3, -0.25) is 0 Å². The molecule has 3 N–H and O–H groups in total. The maximum Gasteiger partial charge on any atom is 0.195 e. The largest absolute Gasteiger partial charge is 0.438 e. The number of oxazole rings is 1. The van der Waals surface area contributed by atoms with E-state index >= 15 is 0 Å². The van der Waals surface area contributed by atoms with E-state index in [1.165, 1.54) is 6.07 Å². The molecule has 5 nitrogen and oxygen atoms in total. The molecule has 6 heteroatoms. The van der Waals surface area contributed by atoms with E-state index in [9.17, 15) is 19.7 Å². The first-order valence-electron chi connectivity index (χ1n) is 14.2. The van der Waals surface area contributed by atoms with Crippen LogP contribution in [0, 0.1) is 52.2 Å². The van der Waals surface area contributed by atoms with Gasteiger partial charge in [0.05, 0.1) is 18.3 Å². The lowest BCUT2D eigenvalue weighted by molar-refractivity contribution is -0.207. The summed E-state index contributed by atoms with van der Waals surface area (Å²) < 4.78 is 19.8. The van der Waals surface area contributed by atoms with Gasteiger partial charge >= 0.3 is 0 Å². The zero-order valence-electron chi connectivity index (χ0n) is 21.9. The van der Waals surface area contributed by atoms with Crippen LogP contribution in [0.3, 0.4) is 0 Å². The first kappa shape index (κ1) is 24.8. The summed E-state index contributed by atoms with van der Waals surface area (Å²) in [5, 5.41) is 33.5. The van der Waals surface area contributed by atoms with Gasteiger partial charge in [-0.15, -0.1) is 0 Å². The van der Waals surface area contributed by atoms with E-state index in [1.807, 2.05) is 0 Å². The fourth-order valence-corrected chi connectivity index (χ4v) is 9.75. The minimum absolute atomic E-state index is 0.0946. The van der Waals surface area contributed by atoms with Crippen molar-refractivity contribution in [1.82, 2.24) is 4.98 Å². The van der Waals surface area contributed by atoms with E-state index in [0.717, 1.165) is 51.4 Å². The summed E-state index contributed by atoms with van der Waals surface area (Å²) in [6.45, 7) is 6.94. The zero-order chi connectivity index (χ0) is 25.4. The monoisotopic (exact) mass is 499 g/mol. The molecule has 4 aliphatic carbocycles. The number of aliphatic hydroxyl groups is 3. The van der Waals surface area contributed by atoms with Crippen LogP contribution in [0.4, 0.5) is 4.39 Å². The summed E-state index contributed by atoms with van der Waals surface area (Å²) in [6, 6.07) is 4.83. The average Bonchev–Trinajstić information content (AvgIpc) is 3.42. The first-order chi connectivity index (χ1) is 17.1. The van der Waals surface area contributed by atoms with Crippen LogP contribution in [0.25, 0.3) is 11.1 Å². The molecule has 0 bridgehead atoms. The molecule has 4 aliphatic rings. The van der Waals surface area contributed by atoms with Crippen molar-refractivity contribution in [3.8, 4) is 0 Å². The van der Waals surface area contributed by atoms with Crippen LogP contribution in [0.1, 0.15) is 78.0 Å². The van der Waals surface area contributed by atoms with Crippen molar-refractivity contribution in [3.05, 3.63) is 29.9 Å². The molecular weight excluding hydrogens is 457 g/mol. The molecule has 0 saturated heterocycles. The fourth-order valence-electron chi connectivity index (χ4n) is 9.75. The van der Waals surface area contributed by atoms with Crippen LogP contribution in [-0.2, 0) is 6.42 Å². The Bertz CT molecular complexity index is 1120. The molecule has 2 aromatic rings. The molecule has 6 rings (SSSR count). The number of hydrogen-bond acceptors (Lipinski definition) is 5. The predicted molar refractivity (Wildman–Crippen MR) is 135 cm³/mol. The standard InChI is InChI=1S/C30H42FNO4/c1-16(7-10-26-32-23-6-4-5-22(31)28(23)36-26)19-8-9-20-27-21(15-25(35)30(19,20)3)29(2)12-11-18(33)13-17(29)14-24(27)34/h4-6,16-21,24-25,27,33-35H,7-15H2,1-3H3/t16?,17-,18+,19+,20-,21-,24+,25-,27-,29-,30+/m0/s1. The molecule has 0 aliphatic heterocycles. The number of rotatable bonds is 4. The molecule has 4 fully saturated rings. The second-order valence-corrected chi connectivity index (χ2v) is 13.2. The fraction of sp³-hybridized carbons (Fsp3) is 0.767. The van der Waals surface area contributed by atoms with Gasteiger partial charge < -0.3 is 19.7 Å². The molecule has 198 valence electrons. The average molecular weight is 500 g/mol. The molecule has 0 amide bonds. The molecule has 1 heterocycles. The number of aromatic nitrogens is 1. The highest BCUT2D eigenvalue weighted by Gasteiger charge is 2.65. The van der Waals surface area contributed by atoms with Gasteiger partial charge in [0, 0.05) is 6.42 Å². The van der Waals surface area contributed by atoms with E-state index in [0.29, 0.717) is 47.4 Å². The Hall–Kier alpha value is -1.50. The third kappa shape index (κ3) is 3.61. The van der Waals surface area contributed by atoms with Crippen molar-refractivity contribution in [3.63, 3.8) is 0 Å². The Labute approximate surface area is 213 Å². The van der Waals surface area contributed by atoms with Crippen LogP contribution >= 0.6 is 0 Å². The number of para-hydroxylation sites is 1. The second kappa shape index (κ2) is 8.78. The maximum absolute atomic E-state index is 14.0. The summed E-state index contributed by atoms with van der Waals surface area (Å²) >= 11 is 0. The molecule has 4 saturated carbocycles. The molecule has 1 aromatic carbocycles. The van der Waals surface area contributed by atoms with Crippen molar-refractivity contribution in [1.29, 1.82) is 0 Å². The molecule has 1 unspecified atom stereocenters. The maximum atomic E-state index is 14.0. The number of hydrogen-bond donors (Lipinski definition) is 3. The van der Waals surface area contributed by atoms with Crippen molar-refractivity contribution >= 4 is 11.1 Å². The minimum atomic E-state index is -0.383. The van der Waals surface area contributed by atoms with Gasteiger partial charge in [0.25, 0.3) is 0 Å². The SMILES string of the molecule is CC(CCc1nc2cccc(F)c2o1)[C@H]1CC[C@H]2[C@@H]3[C@H](O)C[C@@H]4C[C@H](O)CC[C@]4(C)[C@H]3C[C@H](O)[C@]12C. The summed E-state index contributed by atoms with van der Waals surface area (Å²) in [5.74, 6) is 2.13. The zero-order valence-corrected chi connectivity index (χ0v) is 21.9. The normalized spacial score (nSPS) is 45.2. The smallest absolute Gasteiger partial charge is 0.195 e. The summed E-state index contributed by atoms with van der Waals surface area (Å²) in [7, 11) is 0. The van der Waals surface area contributed by atoms with E-state index in [-0.39, 0.29) is 46.5 Å². The second-order valence-electron chi connectivity index (χ2n) is 13.2. The van der Waals surface area contributed by atoms with Gasteiger partial charge in [-0.25, -0.2) is 9.37 Å². The van der Waals surface area contributed by atoms with Crippen LogP contribution in [0.2, 0.25) is 0 Å². The van der Waals surface area contributed by atoms with Crippen molar-refractivity contribution < 1.29 is 24.1 Å². The van der Waals surface area contributed by atoms with Crippen molar-refractivity contribution in [2.75, 3.05) is 0 Å². The first-order valence-corrected chi connectivity index (χ1v) is 14.2. The van der Waals surface area contributed by atoms with Gasteiger partial charge in [0.15, 0.2) is 17.3 Å². The molecule has 0 spiro atoms. The highest BCUT2D eigenvalue weighted by atomic mass is 19.1. The predicted octanol–water partition coefficient (Wildman–Crippen LogP) is 5.50. The van der Waals surface area contributed by atoms with Gasteiger partial charge in [0.1, 0.15) is 5.52 Å². The third-order valence-electron chi connectivity index (χ3n) is 11.7. The number of nitrogens with zero attached hydrogens (tertiary/aromatic N) is 1. The number of fused-ring (bicyclic) bond motifs is 6. The molecular formula is C30H42FNO4. The molecule has 36 heavy (non-hydrogen) atoms. The van der Waals surface area contributed by atoms with Crippen molar-refractivity contribution in [2.45, 2.75) is 96.9 Å². The topological polar surface area (TPSA) is 86.7 Å². The van der Waals surface area contributed by atoms with E-state index in [2.05, 4.69) is 25.8 Å². The lowest BCUT2D eigenvalue weighted by atomic mass is 9.43. The van der Waals surface area contributed by atoms with Crippen LogP contribution in [0.5, 0.6) is 0 Å². The Morgan fingerprint density at radius 3 is 2.67 bits per heavy atom. The molecule has 0 radical (unpaired) electrons. The summed E-state index contributed by atoms with van der Waals surface area (Å²) in [5.41, 5.74) is 0.673. The summed E-state index contributed by atoms with van der Waals surface area (Å²) in [4.78, 5) is 4.49. The van der Waals surface area contributed by atoms with Gasteiger partial charge in [-0.05, 0) is 110 Å². The lowest BCUT2D eigenvalue weighted by Gasteiger charge is -2.63. The lowest BCUT2D eigenvalue weighted by Crippen LogP contribution is -2.62. The molecule has 1 aromatic heterocycles. The minimum Gasteiger partial charge on any atom is -0.438 e. The quantitative estimate of drug-likeness (QED) is 0.517. The van der Waals surface area contributed by atoms with Gasteiger partial charge in [-0.2, -0.15) is 0 Å². The van der Waals surface area contributed by atoms with E-state index in [1.54, 1.807) is 12.1 Å². The highest BCUT2D eigenvalue weighted by molar-refractivity contribution is 5.72. The van der Waals surface area contributed by atoms with Crippen molar-refractivity contribution in [2.24, 2.45) is 46.3 Å². The number of aryl methyl sites for hydroxylation is 1. The number of benzene rings is 1. The van der Waals surface area contributed by atoms with Crippen LogP contribution < -0.4 is 0 Å². The van der Waals surface area contributed by atoms with E-state index < -0.39 is 0 Å². The van der Waals surface area contributed by atoms with Gasteiger partial charge in [-0.1, -0.05) is 26.8 Å². The Kier molecular flexibility index (Phi) is 6.05. The van der Waals surface area contributed by atoms with Gasteiger partial charge in [0.2, 0.25) is 0 Å². The van der Waals surface area contributed by atoms with Crippen LogP contribution in [-0.4, -0.2) is 38.6 Å². The van der Waals surface area contributed by atoms with E-state index in [4.69, 9.17) is 4.42 Å². The Morgan fingerprint density at radius 2 is 1.89 bits per heavy atom. The highest BCUT2D eigenvalue weighted by Crippen LogP contribution is 2.68. The molecule has 11 atom stereocenters. The Morgan fingerprint density at radius 1 is 1.08 bits per heavy atom. The summed E-state index contributed by atoms with van der Waals surface area (Å²) in [6.07, 6.45) is 6.82. The Balaban J connectivity index is 1.21. The number of halogens is 1. The number of aliphatic hydroxyl groups excluding tert-OH is 3. The third-order valence-corrected chi connectivity index (χ3v) is 11.7. The van der Waals surface area contributed by atoms with Crippen LogP contribution in [0.15, 0.2) is 22.6 Å².